The first-order valence-electron chi connectivity index (χ1n) is 34.4. The van der Waals surface area contributed by atoms with E-state index in [1.54, 1.807) is 0 Å². The van der Waals surface area contributed by atoms with Crippen LogP contribution in [0.1, 0.15) is 393 Å². The van der Waals surface area contributed by atoms with Crippen LogP contribution in [0.25, 0.3) is 0 Å². The van der Waals surface area contributed by atoms with Gasteiger partial charge in [0.1, 0.15) is 0 Å². The van der Waals surface area contributed by atoms with Crippen molar-refractivity contribution in [3.63, 3.8) is 0 Å². The van der Waals surface area contributed by atoms with E-state index in [9.17, 15) is 19.8 Å². The molecule has 0 aromatic heterocycles. The van der Waals surface area contributed by atoms with Gasteiger partial charge in [0.25, 0.3) is 0 Å². The lowest BCUT2D eigenvalue weighted by Crippen LogP contribution is -2.45. The Morgan fingerprint density at radius 2 is 0.627 bits per heavy atom. The van der Waals surface area contributed by atoms with Crippen LogP contribution in [0, 0.1) is 0 Å². The van der Waals surface area contributed by atoms with Crippen LogP contribution in [0.3, 0.4) is 0 Å². The van der Waals surface area contributed by atoms with Crippen molar-refractivity contribution in [1.29, 1.82) is 0 Å². The highest BCUT2D eigenvalue weighted by molar-refractivity contribution is 5.76. The van der Waals surface area contributed by atoms with Gasteiger partial charge in [-0.25, -0.2) is 0 Å². The van der Waals surface area contributed by atoms with Crippen molar-refractivity contribution in [3.8, 4) is 0 Å². The van der Waals surface area contributed by atoms with Crippen molar-refractivity contribution in [2.24, 2.45) is 0 Å². The molecule has 3 N–H and O–H groups in total. The number of aliphatic hydroxyl groups is 2. The molecule has 0 fully saturated rings. The van der Waals surface area contributed by atoms with Crippen LogP contribution in [-0.2, 0) is 14.3 Å². The monoisotopic (exact) mass is 1060 g/mol. The van der Waals surface area contributed by atoms with Crippen LogP contribution >= 0.6 is 0 Å². The highest BCUT2D eigenvalue weighted by Gasteiger charge is 2.20. The molecule has 1 amide bonds. The van der Waals surface area contributed by atoms with Gasteiger partial charge in [0, 0.05) is 12.8 Å². The third kappa shape index (κ3) is 61.7. The van der Waals surface area contributed by atoms with E-state index in [-0.39, 0.29) is 18.5 Å². The standard InChI is InChI=1S/C69H135NO5/c1-3-5-7-9-11-13-15-17-19-20-21-27-30-34-37-41-45-49-53-57-61-67(72)66(65-71)70-68(73)62-58-54-50-46-42-38-35-31-28-25-23-22-24-26-29-32-36-40-44-48-52-56-60-64-75-69(74)63-59-55-51-47-43-39-33-18-16-14-12-10-8-6-4-2/h18,33,66-67,71-72H,3-17,19-32,34-65H2,1-2H3,(H,70,73)/b33-18-. The molecule has 0 aliphatic carbocycles. The van der Waals surface area contributed by atoms with Gasteiger partial charge in [-0.15, -0.1) is 0 Å². The Morgan fingerprint density at radius 1 is 0.360 bits per heavy atom. The summed E-state index contributed by atoms with van der Waals surface area (Å²) in [5.74, 6) is -0.0224. The second-order valence-electron chi connectivity index (χ2n) is 23.9. The SMILES string of the molecule is CCCCCCCC/C=C\CCCCCCCC(=O)OCCCCCCCCCCCCCCCCCCCCCCCCCC(=O)NC(CO)C(O)CCCCCCCCCCCCCCCCCCCCCC. The van der Waals surface area contributed by atoms with Crippen molar-refractivity contribution in [3.05, 3.63) is 12.2 Å². The van der Waals surface area contributed by atoms with Gasteiger partial charge in [-0.2, -0.15) is 0 Å². The van der Waals surface area contributed by atoms with Crippen LogP contribution in [0.15, 0.2) is 12.2 Å². The molecule has 0 aromatic rings. The maximum absolute atomic E-state index is 12.5. The van der Waals surface area contributed by atoms with E-state index in [0.717, 1.165) is 44.9 Å². The molecule has 2 unspecified atom stereocenters. The number of ether oxygens (including phenoxy) is 1. The number of esters is 1. The second-order valence-corrected chi connectivity index (χ2v) is 23.9. The molecule has 0 spiro atoms. The van der Waals surface area contributed by atoms with Gasteiger partial charge in [-0.1, -0.05) is 341 Å². The summed E-state index contributed by atoms with van der Waals surface area (Å²) in [6.45, 7) is 4.98. The van der Waals surface area contributed by atoms with E-state index in [1.807, 2.05) is 0 Å². The van der Waals surface area contributed by atoms with Crippen LogP contribution < -0.4 is 5.32 Å². The molecule has 0 saturated heterocycles. The van der Waals surface area contributed by atoms with Gasteiger partial charge in [0.15, 0.2) is 0 Å². The maximum Gasteiger partial charge on any atom is 0.305 e. The van der Waals surface area contributed by atoms with E-state index >= 15 is 0 Å². The molecule has 75 heavy (non-hydrogen) atoms. The highest BCUT2D eigenvalue weighted by Crippen LogP contribution is 2.19. The predicted octanol–water partition coefficient (Wildman–Crippen LogP) is 22.0. The molecule has 6 nitrogen and oxygen atoms in total. The number of carbonyl (C=O) groups excluding carboxylic acids is 2. The second kappa shape index (κ2) is 65.1. The molecule has 0 aliphatic heterocycles. The number of aliphatic hydroxyl groups excluding tert-OH is 2. The predicted molar refractivity (Wildman–Crippen MR) is 329 cm³/mol. The fraction of sp³-hybridized carbons (Fsp3) is 0.942. The Bertz CT molecular complexity index is 1130. The van der Waals surface area contributed by atoms with Crippen molar-refractivity contribution in [2.45, 2.75) is 405 Å². The van der Waals surface area contributed by atoms with Gasteiger partial charge in [-0.3, -0.25) is 9.59 Å². The topological polar surface area (TPSA) is 95.9 Å². The maximum atomic E-state index is 12.5. The molecule has 0 saturated carbocycles. The summed E-state index contributed by atoms with van der Waals surface area (Å²) in [6.07, 6.45) is 79.6. The quantitative estimate of drug-likeness (QED) is 0.0320. The number of hydrogen-bond donors (Lipinski definition) is 3. The Kier molecular flexibility index (Phi) is 63.9. The zero-order valence-corrected chi connectivity index (χ0v) is 51.1. The van der Waals surface area contributed by atoms with Crippen LogP contribution in [0.5, 0.6) is 0 Å². The molecular weight excluding hydrogens is 923 g/mol. The molecule has 0 aromatic carbocycles. The van der Waals surface area contributed by atoms with Gasteiger partial charge in [0.05, 0.1) is 25.4 Å². The lowest BCUT2D eigenvalue weighted by atomic mass is 10.0. The fourth-order valence-electron chi connectivity index (χ4n) is 11.1. The zero-order chi connectivity index (χ0) is 54.3. The molecule has 0 heterocycles. The van der Waals surface area contributed by atoms with Crippen molar-refractivity contribution < 1.29 is 24.5 Å². The number of hydrogen-bond acceptors (Lipinski definition) is 5. The van der Waals surface area contributed by atoms with E-state index < -0.39 is 12.1 Å². The first kappa shape index (κ1) is 73.6. The zero-order valence-electron chi connectivity index (χ0n) is 51.1. The minimum Gasteiger partial charge on any atom is -0.466 e. The van der Waals surface area contributed by atoms with Crippen LogP contribution in [0.4, 0.5) is 0 Å². The first-order valence-corrected chi connectivity index (χ1v) is 34.4. The van der Waals surface area contributed by atoms with E-state index in [1.165, 1.54) is 315 Å². The van der Waals surface area contributed by atoms with E-state index in [0.29, 0.717) is 25.9 Å². The highest BCUT2D eigenvalue weighted by atomic mass is 16.5. The van der Waals surface area contributed by atoms with Gasteiger partial charge < -0.3 is 20.3 Å². The number of unbranched alkanes of at least 4 members (excludes halogenated alkanes) is 52. The Hall–Kier alpha value is -1.40. The van der Waals surface area contributed by atoms with Crippen molar-refractivity contribution in [2.75, 3.05) is 13.2 Å². The van der Waals surface area contributed by atoms with Gasteiger partial charge >= 0.3 is 5.97 Å². The Labute approximate surface area is 469 Å². The average Bonchev–Trinajstić information content (AvgIpc) is 3.41. The van der Waals surface area contributed by atoms with Crippen LogP contribution in [0.2, 0.25) is 0 Å². The normalized spacial score (nSPS) is 12.5. The number of amides is 1. The number of allylic oxidation sites excluding steroid dienone is 2. The summed E-state index contributed by atoms with van der Waals surface area (Å²) < 4.78 is 5.49. The third-order valence-corrected chi connectivity index (χ3v) is 16.3. The fourth-order valence-corrected chi connectivity index (χ4v) is 11.1. The third-order valence-electron chi connectivity index (χ3n) is 16.3. The average molecular weight is 1060 g/mol. The lowest BCUT2D eigenvalue weighted by Gasteiger charge is -2.22. The molecule has 0 bridgehead atoms. The Balaban J connectivity index is 3.37. The van der Waals surface area contributed by atoms with E-state index in [2.05, 4.69) is 31.3 Å². The minimum atomic E-state index is -0.664. The summed E-state index contributed by atoms with van der Waals surface area (Å²) in [5, 5.41) is 23.4. The summed E-state index contributed by atoms with van der Waals surface area (Å²) in [4.78, 5) is 24.6. The molecule has 2 atom stereocenters. The minimum absolute atomic E-state index is 0.00762. The largest absolute Gasteiger partial charge is 0.466 e. The summed E-state index contributed by atoms with van der Waals surface area (Å²) in [6, 6.07) is -0.541. The molecule has 0 aliphatic rings. The molecule has 0 radical (unpaired) electrons. The Morgan fingerprint density at radius 3 is 0.947 bits per heavy atom. The van der Waals surface area contributed by atoms with Crippen LogP contribution in [-0.4, -0.2) is 47.4 Å². The van der Waals surface area contributed by atoms with Gasteiger partial charge in [0.2, 0.25) is 5.91 Å². The van der Waals surface area contributed by atoms with Crippen molar-refractivity contribution >= 4 is 11.9 Å². The van der Waals surface area contributed by atoms with Gasteiger partial charge in [-0.05, 0) is 51.4 Å². The summed E-state index contributed by atoms with van der Waals surface area (Å²) in [5.41, 5.74) is 0. The molecule has 446 valence electrons. The number of rotatable bonds is 65. The smallest absolute Gasteiger partial charge is 0.305 e. The number of nitrogens with one attached hydrogen (secondary N) is 1. The lowest BCUT2D eigenvalue weighted by molar-refractivity contribution is -0.143. The summed E-state index contributed by atoms with van der Waals surface area (Å²) in [7, 11) is 0. The molecule has 0 rings (SSSR count). The first-order chi connectivity index (χ1) is 37.0. The van der Waals surface area contributed by atoms with Crippen molar-refractivity contribution in [1.82, 2.24) is 5.32 Å². The molecule has 6 heteroatoms. The number of carbonyl (C=O) groups is 2. The van der Waals surface area contributed by atoms with E-state index in [4.69, 9.17) is 4.74 Å². The summed E-state index contributed by atoms with van der Waals surface area (Å²) >= 11 is 0. The molecular formula is C69H135NO5.